The molecular weight excluding hydrogens is 434 g/mol. The number of carbonyl (C=O) groups is 7. The third-order valence-electron chi connectivity index (χ3n) is 4.58. The lowest BCUT2D eigenvalue weighted by Gasteiger charge is -2.28. The van der Waals surface area contributed by atoms with E-state index >= 15 is 0 Å². The van der Waals surface area contributed by atoms with Crippen LogP contribution in [0.2, 0.25) is 0 Å². The summed E-state index contributed by atoms with van der Waals surface area (Å²) in [5.41, 5.74) is 10.5. The monoisotopic (exact) mass is 459 g/mol. The first-order valence-corrected chi connectivity index (χ1v) is 9.45. The van der Waals surface area contributed by atoms with Gasteiger partial charge >= 0.3 is 17.9 Å². The molecule has 4 unspecified atom stereocenters. The van der Waals surface area contributed by atoms with Crippen molar-refractivity contribution in [3.8, 4) is 0 Å². The second-order valence-electron chi connectivity index (χ2n) is 7.12. The van der Waals surface area contributed by atoms with Crippen molar-refractivity contribution in [3.63, 3.8) is 0 Å². The van der Waals surface area contributed by atoms with Crippen LogP contribution in [0.15, 0.2) is 0 Å². The van der Waals surface area contributed by atoms with Gasteiger partial charge < -0.3 is 42.3 Å². The van der Waals surface area contributed by atoms with Gasteiger partial charge in [0.1, 0.15) is 18.1 Å². The largest absolute Gasteiger partial charge is 0.481 e. The minimum Gasteiger partial charge on any atom is -0.481 e. The highest BCUT2D eigenvalue weighted by Gasteiger charge is 2.39. The molecule has 1 saturated heterocycles. The molecule has 1 rings (SSSR count). The molecular formula is C17H25N5O10. The maximum atomic E-state index is 12.7. The van der Waals surface area contributed by atoms with E-state index in [-0.39, 0.29) is 13.0 Å². The van der Waals surface area contributed by atoms with Gasteiger partial charge in [0.05, 0.1) is 25.3 Å². The van der Waals surface area contributed by atoms with Gasteiger partial charge in [0.15, 0.2) is 0 Å². The fraction of sp³-hybridized carbons (Fsp3) is 0.588. The Labute approximate surface area is 181 Å². The molecule has 1 fully saturated rings. The predicted octanol–water partition coefficient (Wildman–Crippen LogP) is -3.82. The van der Waals surface area contributed by atoms with E-state index in [4.69, 9.17) is 21.7 Å². The highest BCUT2D eigenvalue weighted by atomic mass is 16.4. The van der Waals surface area contributed by atoms with Crippen molar-refractivity contribution in [2.45, 2.75) is 56.3 Å². The van der Waals surface area contributed by atoms with Crippen LogP contribution in [0.3, 0.4) is 0 Å². The van der Waals surface area contributed by atoms with Crippen LogP contribution in [0.25, 0.3) is 0 Å². The molecule has 32 heavy (non-hydrogen) atoms. The van der Waals surface area contributed by atoms with Gasteiger partial charge in [-0.3, -0.25) is 28.8 Å². The number of amides is 4. The molecule has 178 valence electrons. The summed E-state index contributed by atoms with van der Waals surface area (Å²) in [6, 6.07) is -6.13. The standard InChI is InChI=1S/C17H25N5O10/c18-7(4-12(24)25)14(28)20-8(5-11(19)23)15(29)21-9(6-13(26)27)16(30)22-3-1-2-10(22)17(31)32/h7-10H,1-6,18H2,(H2,19,23)(H,20,28)(H,21,29)(H,24,25)(H,26,27)(H,31,32). The lowest BCUT2D eigenvalue weighted by molar-refractivity contribution is -0.150. The van der Waals surface area contributed by atoms with Crippen LogP contribution in [0.1, 0.15) is 32.1 Å². The Hall–Kier alpha value is -3.75. The van der Waals surface area contributed by atoms with Crippen LogP contribution in [0, 0.1) is 0 Å². The molecule has 15 heteroatoms. The van der Waals surface area contributed by atoms with E-state index in [1.165, 1.54) is 0 Å². The number of likely N-dealkylation sites (tertiary alicyclic amines) is 1. The summed E-state index contributed by atoms with van der Waals surface area (Å²) < 4.78 is 0. The molecule has 0 aromatic heterocycles. The van der Waals surface area contributed by atoms with Crippen molar-refractivity contribution in [3.05, 3.63) is 0 Å². The number of nitrogens with two attached hydrogens (primary N) is 2. The molecule has 1 aliphatic heterocycles. The molecule has 1 aliphatic rings. The maximum Gasteiger partial charge on any atom is 0.326 e. The van der Waals surface area contributed by atoms with Crippen LogP contribution in [0.5, 0.6) is 0 Å². The van der Waals surface area contributed by atoms with Crippen LogP contribution in [0.4, 0.5) is 0 Å². The molecule has 0 saturated carbocycles. The zero-order valence-electron chi connectivity index (χ0n) is 16.9. The molecule has 0 radical (unpaired) electrons. The summed E-state index contributed by atoms with van der Waals surface area (Å²) in [6.45, 7) is 0.0350. The Kier molecular flexibility index (Phi) is 9.52. The van der Waals surface area contributed by atoms with Gasteiger partial charge in [-0.1, -0.05) is 0 Å². The Balaban J connectivity index is 3.02. The Morgan fingerprint density at radius 2 is 1.44 bits per heavy atom. The fourth-order valence-electron chi connectivity index (χ4n) is 3.10. The molecule has 0 bridgehead atoms. The van der Waals surface area contributed by atoms with Gasteiger partial charge in [-0.05, 0) is 12.8 Å². The van der Waals surface area contributed by atoms with Crippen molar-refractivity contribution >= 4 is 41.5 Å². The van der Waals surface area contributed by atoms with E-state index in [1.54, 1.807) is 0 Å². The number of hydrogen-bond donors (Lipinski definition) is 7. The third-order valence-corrected chi connectivity index (χ3v) is 4.58. The van der Waals surface area contributed by atoms with Crippen molar-refractivity contribution < 1.29 is 48.9 Å². The number of carbonyl (C=O) groups excluding carboxylic acids is 4. The summed E-state index contributed by atoms with van der Waals surface area (Å²) >= 11 is 0. The lowest BCUT2D eigenvalue weighted by atomic mass is 10.1. The third kappa shape index (κ3) is 7.82. The molecule has 0 spiro atoms. The minimum absolute atomic E-state index is 0.0350. The van der Waals surface area contributed by atoms with E-state index < -0.39 is 85.0 Å². The first-order valence-electron chi connectivity index (χ1n) is 9.45. The maximum absolute atomic E-state index is 12.7. The molecule has 15 nitrogen and oxygen atoms in total. The van der Waals surface area contributed by atoms with Crippen LogP contribution in [-0.4, -0.2) is 92.5 Å². The Bertz CT molecular complexity index is 801. The Morgan fingerprint density at radius 1 is 0.875 bits per heavy atom. The van der Waals surface area contributed by atoms with E-state index in [1.807, 2.05) is 5.32 Å². The lowest BCUT2D eigenvalue weighted by Crippen LogP contribution is -2.58. The van der Waals surface area contributed by atoms with Crippen molar-refractivity contribution in [2.75, 3.05) is 6.54 Å². The van der Waals surface area contributed by atoms with Gasteiger partial charge in [-0.25, -0.2) is 4.79 Å². The average Bonchev–Trinajstić information content (AvgIpc) is 3.15. The molecule has 4 amide bonds. The summed E-state index contributed by atoms with van der Waals surface area (Å²) in [5.74, 6) is -8.42. The number of carboxylic acids is 3. The number of nitrogens with one attached hydrogen (secondary N) is 2. The van der Waals surface area contributed by atoms with E-state index in [0.29, 0.717) is 6.42 Å². The van der Waals surface area contributed by atoms with Crippen molar-refractivity contribution in [1.29, 1.82) is 0 Å². The van der Waals surface area contributed by atoms with Crippen LogP contribution in [-0.2, 0) is 33.6 Å². The molecule has 0 aromatic rings. The number of hydrogen-bond acceptors (Lipinski definition) is 8. The van der Waals surface area contributed by atoms with Gasteiger partial charge in [-0.15, -0.1) is 0 Å². The second kappa shape index (κ2) is 11.6. The van der Waals surface area contributed by atoms with E-state index in [0.717, 1.165) is 4.90 Å². The highest BCUT2D eigenvalue weighted by Crippen LogP contribution is 2.19. The smallest absolute Gasteiger partial charge is 0.326 e. The number of nitrogens with zero attached hydrogens (tertiary/aromatic N) is 1. The first-order chi connectivity index (χ1) is 14.8. The molecule has 0 aliphatic carbocycles. The zero-order chi connectivity index (χ0) is 24.6. The van der Waals surface area contributed by atoms with E-state index in [9.17, 15) is 38.7 Å². The van der Waals surface area contributed by atoms with Crippen molar-refractivity contribution in [1.82, 2.24) is 15.5 Å². The quantitative estimate of drug-likeness (QED) is 0.149. The van der Waals surface area contributed by atoms with Gasteiger partial charge in [0, 0.05) is 6.54 Å². The van der Waals surface area contributed by atoms with Gasteiger partial charge in [0.2, 0.25) is 23.6 Å². The first kappa shape index (κ1) is 26.3. The highest BCUT2D eigenvalue weighted by molar-refractivity contribution is 5.97. The Morgan fingerprint density at radius 3 is 1.94 bits per heavy atom. The summed E-state index contributed by atoms with van der Waals surface area (Å²) in [4.78, 5) is 82.8. The average molecular weight is 459 g/mol. The van der Waals surface area contributed by atoms with Gasteiger partial charge in [0.25, 0.3) is 0 Å². The van der Waals surface area contributed by atoms with Gasteiger partial charge in [-0.2, -0.15) is 0 Å². The molecule has 4 atom stereocenters. The van der Waals surface area contributed by atoms with Crippen LogP contribution >= 0.6 is 0 Å². The molecule has 9 N–H and O–H groups in total. The molecule has 1 heterocycles. The molecule has 0 aromatic carbocycles. The van der Waals surface area contributed by atoms with E-state index in [2.05, 4.69) is 5.32 Å². The summed E-state index contributed by atoms with van der Waals surface area (Å²) in [5, 5.41) is 31.2. The summed E-state index contributed by atoms with van der Waals surface area (Å²) in [6.07, 6.45) is -1.92. The number of carboxylic acid groups (broad SMARTS) is 3. The SMILES string of the molecule is NC(=O)CC(NC(=O)C(N)CC(=O)O)C(=O)NC(CC(=O)O)C(=O)N1CCCC1C(=O)O. The van der Waals surface area contributed by atoms with Crippen molar-refractivity contribution in [2.24, 2.45) is 11.5 Å². The fourth-order valence-corrected chi connectivity index (χ4v) is 3.10. The minimum atomic E-state index is -1.69. The second-order valence-corrected chi connectivity index (χ2v) is 7.12. The summed E-state index contributed by atoms with van der Waals surface area (Å²) in [7, 11) is 0. The predicted molar refractivity (Wildman–Crippen MR) is 103 cm³/mol. The topological polar surface area (TPSA) is 260 Å². The number of aliphatic carboxylic acids is 3. The number of rotatable bonds is 12. The van der Waals surface area contributed by atoms with Crippen LogP contribution < -0.4 is 22.1 Å². The zero-order valence-corrected chi connectivity index (χ0v) is 16.9. The normalized spacial score (nSPS) is 18.2. The number of primary amides is 1.